The molecule has 8 heteroatoms. The molecule has 7 nitrogen and oxygen atoms in total. The first-order valence-corrected chi connectivity index (χ1v) is 11.8. The summed E-state index contributed by atoms with van der Waals surface area (Å²) in [6.45, 7) is 10.4. The van der Waals surface area contributed by atoms with E-state index in [0.29, 0.717) is 44.2 Å². The van der Waals surface area contributed by atoms with Crippen LogP contribution in [0.25, 0.3) is 0 Å². The first-order valence-electron chi connectivity index (χ1n) is 10.9. The number of carbonyl (C=O) groups is 2. The summed E-state index contributed by atoms with van der Waals surface area (Å²) < 4.78 is 10.8. The maximum atomic E-state index is 13.0. The molecule has 1 saturated heterocycles. The summed E-state index contributed by atoms with van der Waals surface area (Å²) in [5.41, 5.74) is 5.28. The van der Waals surface area contributed by atoms with Gasteiger partial charge in [-0.2, -0.15) is 0 Å². The first kappa shape index (κ1) is 22.6. The summed E-state index contributed by atoms with van der Waals surface area (Å²) in [4.78, 5) is 34.7. The number of allylic oxidation sites excluding steroid dienone is 1. The Bertz CT molecular complexity index is 1020. The van der Waals surface area contributed by atoms with Crippen LogP contribution in [0.4, 0.5) is 0 Å². The second-order valence-corrected chi connectivity index (χ2v) is 8.98. The van der Waals surface area contributed by atoms with Gasteiger partial charge < -0.3 is 19.3 Å². The lowest BCUT2D eigenvalue weighted by molar-refractivity contribution is -0.139. The van der Waals surface area contributed by atoms with Gasteiger partial charge in [0.2, 0.25) is 5.91 Å². The molecule has 1 aromatic carbocycles. The average Bonchev–Trinajstić information content (AvgIpc) is 3.15. The molecule has 1 amide bonds. The van der Waals surface area contributed by atoms with Gasteiger partial charge in [0.25, 0.3) is 0 Å². The van der Waals surface area contributed by atoms with E-state index < -0.39 is 0 Å². The van der Waals surface area contributed by atoms with Crippen molar-refractivity contribution in [2.75, 3.05) is 32.9 Å². The molecule has 4 rings (SSSR count). The highest BCUT2D eigenvalue weighted by Crippen LogP contribution is 2.45. The summed E-state index contributed by atoms with van der Waals surface area (Å²) in [5, 5.41) is 2.76. The smallest absolute Gasteiger partial charge is 0.338 e. The van der Waals surface area contributed by atoms with E-state index in [1.807, 2.05) is 22.1 Å². The topological polar surface area (TPSA) is 71.4 Å². The van der Waals surface area contributed by atoms with Crippen LogP contribution >= 0.6 is 11.8 Å². The van der Waals surface area contributed by atoms with Crippen molar-refractivity contribution in [1.29, 1.82) is 0 Å². The number of amidine groups is 1. The fourth-order valence-electron chi connectivity index (χ4n) is 4.35. The van der Waals surface area contributed by atoms with E-state index in [0.717, 1.165) is 27.6 Å². The third kappa shape index (κ3) is 4.34. The molecular formula is C24H29N3O4S. The van der Waals surface area contributed by atoms with E-state index in [9.17, 15) is 9.59 Å². The van der Waals surface area contributed by atoms with Crippen molar-refractivity contribution in [1.82, 2.24) is 9.80 Å². The van der Waals surface area contributed by atoms with Crippen LogP contribution in [0, 0.1) is 13.8 Å². The Kier molecular flexibility index (Phi) is 6.71. The van der Waals surface area contributed by atoms with Gasteiger partial charge in [-0.3, -0.25) is 4.79 Å². The molecule has 0 aromatic heterocycles. The van der Waals surface area contributed by atoms with Crippen LogP contribution in [0.5, 0.6) is 0 Å². The van der Waals surface area contributed by atoms with Crippen LogP contribution in [0.1, 0.15) is 43.0 Å². The van der Waals surface area contributed by atoms with Crippen molar-refractivity contribution in [3.05, 3.63) is 57.3 Å². The lowest BCUT2D eigenvalue weighted by Crippen LogP contribution is -2.42. The third-order valence-electron chi connectivity index (χ3n) is 5.91. The minimum Gasteiger partial charge on any atom is -0.463 e. The molecule has 170 valence electrons. The van der Waals surface area contributed by atoms with Crippen molar-refractivity contribution in [3.8, 4) is 0 Å². The largest absolute Gasteiger partial charge is 0.463 e. The number of aryl methyl sites for hydroxylation is 2. The van der Waals surface area contributed by atoms with Crippen molar-refractivity contribution in [2.24, 2.45) is 4.99 Å². The van der Waals surface area contributed by atoms with Gasteiger partial charge in [-0.15, -0.1) is 0 Å². The second-order valence-electron chi connectivity index (χ2n) is 8.14. The predicted octanol–water partition coefficient (Wildman–Crippen LogP) is 3.69. The Morgan fingerprint density at radius 1 is 1.22 bits per heavy atom. The molecule has 1 atom stereocenters. The monoisotopic (exact) mass is 455 g/mol. The molecule has 1 aromatic rings. The van der Waals surface area contributed by atoms with Crippen molar-refractivity contribution in [2.45, 2.75) is 40.2 Å². The number of rotatable bonds is 5. The standard InChI is InChI=1S/C24H29N3O4S/c1-5-31-23(29)21-17(4)25-24-27(22(21)19-7-6-15(2)12-16(19)3)18(14-32-24)13-20(28)26-8-10-30-11-9-26/h6-7,12,14,22H,5,8-11,13H2,1-4H3. The molecule has 1 unspecified atom stereocenters. The van der Waals surface area contributed by atoms with Gasteiger partial charge in [-0.05, 0) is 44.2 Å². The van der Waals surface area contributed by atoms with Crippen molar-refractivity contribution >= 4 is 28.8 Å². The number of morpholine rings is 1. The molecule has 3 aliphatic rings. The molecule has 0 N–H and O–H groups in total. The number of nitrogens with zero attached hydrogens (tertiary/aromatic N) is 3. The molecule has 0 spiro atoms. The van der Waals surface area contributed by atoms with Crippen LogP contribution in [0.2, 0.25) is 0 Å². The average molecular weight is 456 g/mol. The fraction of sp³-hybridized carbons (Fsp3) is 0.458. The minimum absolute atomic E-state index is 0.0599. The number of hydrogen-bond donors (Lipinski definition) is 0. The Morgan fingerprint density at radius 3 is 2.66 bits per heavy atom. The van der Waals surface area contributed by atoms with Crippen LogP contribution in [-0.2, 0) is 19.1 Å². The SMILES string of the molecule is CCOC(=O)C1=C(C)N=C2SC=C(CC(=O)N3CCOCC3)N2C1c1ccc(C)cc1C. The number of benzene rings is 1. The van der Waals surface area contributed by atoms with Gasteiger partial charge in [-0.1, -0.05) is 35.5 Å². The van der Waals surface area contributed by atoms with E-state index in [-0.39, 0.29) is 24.3 Å². The molecule has 3 heterocycles. The van der Waals surface area contributed by atoms with Gasteiger partial charge in [0, 0.05) is 18.8 Å². The highest BCUT2D eigenvalue weighted by Gasteiger charge is 2.42. The number of amides is 1. The number of hydrogen-bond acceptors (Lipinski definition) is 7. The zero-order valence-corrected chi connectivity index (χ0v) is 19.8. The fourth-order valence-corrected chi connectivity index (χ4v) is 5.31. The van der Waals surface area contributed by atoms with E-state index in [2.05, 4.69) is 32.0 Å². The van der Waals surface area contributed by atoms with Gasteiger partial charge in [-0.25, -0.2) is 9.79 Å². The van der Waals surface area contributed by atoms with Crippen molar-refractivity contribution < 1.29 is 19.1 Å². The number of carbonyl (C=O) groups excluding carboxylic acids is 2. The predicted molar refractivity (Wildman–Crippen MR) is 125 cm³/mol. The lowest BCUT2D eigenvalue weighted by atomic mass is 9.90. The quantitative estimate of drug-likeness (QED) is 0.631. The molecule has 0 aliphatic carbocycles. The van der Waals surface area contributed by atoms with Gasteiger partial charge in [0.1, 0.15) is 0 Å². The van der Waals surface area contributed by atoms with E-state index in [1.165, 1.54) is 11.8 Å². The number of fused-ring (bicyclic) bond motifs is 1. The molecule has 0 radical (unpaired) electrons. The Hall–Kier alpha value is -2.58. The minimum atomic E-state index is -0.388. The summed E-state index contributed by atoms with van der Waals surface area (Å²) in [6.07, 6.45) is 0.253. The van der Waals surface area contributed by atoms with Gasteiger partial charge in [0.15, 0.2) is 5.17 Å². The van der Waals surface area contributed by atoms with Crippen LogP contribution in [-0.4, -0.2) is 59.8 Å². The van der Waals surface area contributed by atoms with Crippen molar-refractivity contribution in [3.63, 3.8) is 0 Å². The first-order chi connectivity index (χ1) is 15.4. The van der Waals surface area contributed by atoms with E-state index >= 15 is 0 Å². The van der Waals surface area contributed by atoms with Gasteiger partial charge in [0.05, 0.1) is 43.6 Å². The summed E-state index contributed by atoms with van der Waals surface area (Å²) >= 11 is 1.49. The van der Waals surface area contributed by atoms with Gasteiger partial charge >= 0.3 is 5.97 Å². The normalized spacial score (nSPS) is 20.7. The molecule has 1 fully saturated rings. The molecule has 32 heavy (non-hydrogen) atoms. The van der Waals surface area contributed by atoms with E-state index in [4.69, 9.17) is 14.5 Å². The molecule has 3 aliphatic heterocycles. The second kappa shape index (κ2) is 9.50. The Morgan fingerprint density at radius 2 is 1.97 bits per heavy atom. The summed E-state index contributed by atoms with van der Waals surface area (Å²) in [5.74, 6) is -0.307. The number of ether oxygens (including phenoxy) is 2. The van der Waals surface area contributed by atoms with E-state index in [1.54, 1.807) is 6.92 Å². The maximum absolute atomic E-state index is 13.0. The van der Waals surface area contributed by atoms with Crippen LogP contribution < -0.4 is 0 Å². The Labute approximate surface area is 193 Å². The lowest BCUT2D eigenvalue weighted by Gasteiger charge is -2.37. The summed E-state index contributed by atoms with van der Waals surface area (Å²) in [7, 11) is 0. The van der Waals surface area contributed by atoms with Crippen LogP contribution in [0.3, 0.4) is 0 Å². The highest BCUT2D eigenvalue weighted by molar-refractivity contribution is 8.16. The molecule has 0 saturated carbocycles. The number of aliphatic imine (C=N–C) groups is 1. The molecule has 0 bridgehead atoms. The zero-order chi connectivity index (χ0) is 22.8. The third-order valence-corrected chi connectivity index (χ3v) is 6.80. The number of esters is 1. The van der Waals surface area contributed by atoms with Crippen LogP contribution in [0.15, 0.2) is 45.6 Å². The zero-order valence-electron chi connectivity index (χ0n) is 19.0. The maximum Gasteiger partial charge on any atom is 0.338 e. The summed E-state index contributed by atoms with van der Waals surface area (Å²) in [6, 6.07) is 5.84. The number of thioether (sulfide) groups is 1. The highest BCUT2D eigenvalue weighted by atomic mass is 32.2. The Balaban J connectivity index is 1.72. The molecular weight excluding hydrogens is 426 g/mol.